The molecule has 3 aromatic rings. The Bertz CT molecular complexity index is 1020. The van der Waals surface area contributed by atoms with Crippen LogP contribution >= 0.6 is 11.6 Å². The molecule has 10 heteroatoms. The predicted octanol–water partition coefficient (Wildman–Crippen LogP) is 4.13. The Morgan fingerprint density at radius 1 is 1.21 bits per heavy atom. The maximum absolute atomic E-state index is 12.3. The summed E-state index contributed by atoms with van der Waals surface area (Å²) in [7, 11) is 0. The Labute approximate surface area is 171 Å². The van der Waals surface area contributed by atoms with Crippen molar-refractivity contribution in [2.75, 3.05) is 11.9 Å². The summed E-state index contributed by atoms with van der Waals surface area (Å²) in [6, 6.07) is 12.4. The normalized spacial score (nSPS) is 10.4. The van der Waals surface area contributed by atoms with Crippen LogP contribution in [0, 0.1) is 10.1 Å². The number of nitro benzene ring substituents is 1. The minimum atomic E-state index is -0.543. The summed E-state index contributed by atoms with van der Waals surface area (Å²) in [5.74, 6) is 0.617. The van der Waals surface area contributed by atoms with E-state index < -0.39 is 4.92 Å². The first kappa shape index (κ1) is 20.2. The third-order valence-corrected chi connectivity index (χ3v) is 4.07. The molecular weight excluding hydrogens is 400 g/mol. The number of aromatic nitrogens is 2. The predicted molar refractivity (Wildman–Crippen MR) is 107 cm³/mol. The minimum absolute atomic E-state index is 0.0200. The van der Waals surface area contributed by atoms with Gasteiger partial charge in [0.05, 0.1) is 16.6 Å². The van der Waals surface area contributed by atoms with Crippen molar-refractivity contribution in [1.29, 1.82) is 0 Å². The van der Waals surface area contributed by atoms with Gasteiger partial charge in [0.15, 0.2) is 12.4 Å². The van der Waals surface area contributed by atoms with Gasteiger partial charge in [0, 0.05) is 24.0 Å². The number of ether oxygens (including phenoxy) is 2. The Morgan fingerprint density at radius 3 is 2.62 bits per heavy atom. The third-order valence-electron chi connectivity index (χ3n) is 3.78. The van der Waals surface area contributed by atoms with Crippen molar-refractivity contribution in [3.8, 4) is 11.5 Å². The van der Waals surface area contributed by atoms with E-state index in [1.165, 1.54) is 22.9 Å². The van der Waals surface area contributed by atoms with Crippen LogP contribution in [0.2, 0.25) is 5.02 Å². The van der Waals surface area contributed by atoms with Crippen LogP contribution in [0.25, 0.3) is 0 Å². The zero-order chi connectivity index (χ0) is 20.8. The molecule has 3 rings (SSSR count). The number of halogens is 1. The number of nitrogens with zero attached hydrogens (tertiary/aromatic N) is 3. The highest BCUT2D eigenvalue weighted by molar-refractivity contribution is 6.32. The van der Waals surface area contributed by atoms with Crippen molar-refractivity contribution in [2.24, 2.45) is 0 Å². The molecule has 1 amide bonds. The lowest BCUT2D eigenvalue weighted by Gasteiger charge is -2.08. The maximum Gasteiger partial charge on any atom is 0.276 e. The highest BCUT2D eigenvalue weighted by Gasteiger charge is 2.12. The molecule has 0 spiro atoms. The molecule has 150 valence electrons. The fourth-order valence-corrected chi connectivity index (χ4v) is 2.64. The summed E-state index contributed by atoms with van der Waals surface area (Å²) < 4.78 is 12.3. The fourth-order valence-electron chi connectivity index (χ4n) is 2.41. The summed E-state index contributed by atoms with van der Waals surface area (Å²) in [6.07, 6.45) is 1.58. The molecule has 1 N–H and O–H groups in total. The van der Waals surface area contributed by atoms with Gasteiger partial charge in [-0.15, -0.1) is 0 Å². The van der Waals surface area contributed by atoms with Crippen LogP contribution in [-0.2, 0) is 6.73 Å². The molecule has 9 nitrogen and oxygen atoms in total. The molecule has 1 heterocycles. The van der Waals surface area contributed by atoms with Gasteiger partial charge in [0.1, 0.15) is 11.5 Å². The number of anilines is 1. The Balaban J connectivity index is 1.58. The van der Waals surface area contributed by atoms with E-state index >= 15 is 0 Å². The van der Waals surface area contributed by atoms with Crippen LogP contribution in [-0.4, -0.2) is 27.2 Å². The van der Waals surface area contributed by atoms with Gasteiger partial charge in [-0.3, -0.25) is 14.9 Å². The summed E-state index contributed by atoms with van der Waals surface area (Å²) >= 11 is 5.98. The molecule has 29 heavy (non-hydrogen) atoms. The van der Waals surface area contributed by atoms with Crippen LogP contribution in [0.15, 0.2) is 54.7 Å². The van der Waals surface area contributed by atoms with Crippen LogP contribution < -0.4 is 14.8 Å². The van der Waals surface area contributed by atoms with Gasteiger partial charge in [0.2, 0.25) is 0 Å². The zero-order valence-electron chi connectivity index (χ0n) is 15.4. The van der Waals surface area contributed by atoms with E-state index in [0.717, 1.165) is 5.75 Å². The molecule has 0 unspecified atom stereocenters. The third kappa shape index (κ3) is 5.23. The number of carbonyl (C=O) groups excluding carboxylic acids is 1. The number of non-ortho nitro benzene ring substituents is 1. The van der Waals surface area contributed by atoms with Crippen molar-refractivity contribution >= 4 is 28.9 Å². The maximum atomic E-state index is 12.3. The van der Waals surface area contributed by atoms with Crippen molar-refractivity contribution in [3.05, 3.63) is 75.6 Å². The lowest BCUT2D eigenvalue weighted by Crippen LogP contribution is -2.14. The van der Waals surface area contributed by atoms with E-state index in [0.29, 0.717) is 12.3 Å². The van der Waals surface area contributed by atoms with Crippen LogP contribution in [0.1, 0.15) is 17.4 Å². The van der Waals surface area contributed by atoms with Gasteiger partial charge in [-0.25, -0.2) is 4.68 Å². The first-order valence-electron chi connectivity index (χ1n) is 8.60. The quantitative estimate of drug-likeness (QED) is 0.436. The molecule has 0 aliphatic carbocycles. The second kappa shape index (κ2) is 9.07. The fraction of sp³-hybridized carbons (Fsp3) is 0.158. The van der Waals surface area contributed by atoms with Crippen molar-refractivity contribution in [3.63, 3.8) is 0 Å². The van der Waals surface area contributed by atoms with E-state index in [-0.39, 0.29) is 34.8 Å². The van der Waals surface area contributed by atoms with E-state index in [1.807, 2.05) is 6.92 Å². The van der Waals surface area contributed by atoms with Gasteiger partial charge >= 0.3 is 0 Å². The van der Waals surface area contributed by atoms with Gasteiger partial charge in [-0.1, -0.05) is 11.6 Å². The topological polar surface area (TPSA) is 109 Å². The van der Waals surface area contributed by atoms with Gasteiger partial charge < -0.3 is 14.8 Å². The van der Waals surface area contributed by atoms with Gasteiger partial charge in [-0.05, 0) is 43.3 Å². The van der Waals surface area contributed by atoms with Crippen LogP contribution in [0.4, 0.5) is 11.4 Å². The zero-order valence-corrected chi connectivity index (χ0v) is 16.1. The molecule has 0 fully saturated rings. The molecule has 1 aromatic heterocycles. The number of benzene rings is 2. The summed E-state index contributed by atoms with van der Waals surface area (Å²) in [5, 5.41) is 17.7. The first-order chi connectivity index (χ1) is 14.0. The molecule has 0 radical (unpaired) electrons. The Kier molecular flexibility index (Phi) is 6.30. The highest BCUT2D eigenvalue weighted by Crippen LogP contribution is 2.28. The molecule has 2 aromatic carbocycles. The second-order valence-corrected chi connectivity index (χ2v) is 6.20. The van der Waals surface area contributed by atoms with E-state index in [9.17, 15) is 14.9 Å². The average molecular weight is 417 g/mol. The molecule has 0 aliphatic rings. The summed E-state index contributed by atoms with van der Waals surface area (Å²) in [5.41, 5.74) is 0.689. The Morgan fingerprint density at radius 2 is 1.97 bits per heavy atom. The minimum Gasteiger partial charge on any atom is -0.494 e. The van der Waals surface area contributed by atoms with E-state index in [4.69, 9.17) is 21.1 Å². The van der Waals surface area contributed by atoms with E-state index in [2.05, 4.69) is 10.4 Å². The number of carbonyl (C=O) groups is 1. The number of nitro groups is 1. The SMILES string of the molecule is CCOc1ccc(NC(=O)c2ccn(COc3ccc([N+](=O)[O-])cc3Cl)n2)cc1. The smallest absolute Gasteiger partial charge is 0.276 e. The lowest BCUT2D eigenvalue weighted by molar-refractivity contribution is -0.384. The van der Waals surface area contributed by atoms with Crippen molar-refractivity contribution in [2.45, 2.75) is 13.7 Å². The van der Waals surface area contributed by atoms with Crippen molar-refractivity contribution < 1.29 is 19.2 Å². The first-order valence-corrected chi connectivity index (χ1v) is 8.98. The van der Waals surface area contributed by atoms with Crippen LogP contribution in [0.5, 0.6) is 11.5 Å². The highest BCUT2D eigenvalue weighted by atomic mass is 35.5. The van der Waals surface area contributed by atoms with Gasteiger partial charge in [0.25, 0.3) is 11.6 Å². The van der Waals surface area contributed by atoms with Crippen LogP contribution in [0.3, 0.4) is 0 Å². The Hall–Kier alpha value is -3.59. The molecular formula is C19H17ClN4O5. The van der Waals surface area contributed by atoms with Crippen molar-refractivity contribution in [1.82, 2.24) is 9.78 Å². The second-order valence-electron chi connectivity index (χ2n) is 5.80. The van der Waals surface area contributed by atoms with Gasteiger partial charge in [-0.2, -0.15) is 5.10 Å². The molecule has 0 saturated carbocycles. The van der Waals surface area contributed by atoms with E-state index in [1.54, 1.807) is 36.5 Å². The molecule has 0 saturated heterocycles. The summed E-state index contributed by atoms with van der Waals surface area (Å²) in [4.78, 5) is 22.5. The standard InChI is InChI=1S/C19H17ClN4O5/c1-2-28-15-6-3-13(4-7-15)21-19(25)17-9-10-23(22-17)12-29-18-8-5-14(24(26)27)11-16(18)20/h3-11H,2,12H2,1H3,(H,21,25). The molecule has 0 bridgehead atoms. The number of hydrogen-bond acceptors (Lipinski definition) is 6. The monoisotopic (exact) mass is 416 g/mol. The number of hydrogen-bond donors (Lipinski definition) is 1. The number of amides is 1. The number of rotatable bonds is 8. The number of nitrogens with one attached hydrogen (secondary N) is 1. The largest absolute Gasteiger partial charge is 0.494 e. The average Bonchev–Trinajstić information content (AvgIpc) is 3.18. The molecule has 0 aliphatic heterocycles. The summed E-state index contributed by atoms with van der Waals surface area (Å²) in [6.45, 7) is 2.44. The lowest BCUT2D eigenvalue weighted by atomic mass is 10.3. The molecule has 0 atom stereocenters.